The van der Waals surface area contributed by atoms with Gasteiger partial charge >= 0.3 is 0 Å². The largest absolute Gasteiger partial charge is 1.00 e. The van der Waals surface area contributed by atoms with Crippen molar-refractivity contribution in [2.45, 2.75) is 20.3 Å². The number of fused-ring (bicyclic) bond motifs is 4. The number of H-pyrrole nitrogens is 1. The second-order valence-electron chi connectivity index (χ2n) is 6.24. The number of aryl methyl sites for hydroxylation is 1. The van der Waals surface area contributed by atoms with Crippen LogP contribution in [-0.2, 0) is 6.42 Å². The number of hydrogen-bond donors (Lipinski definition) is 1. The van der Waals surface area contributed by atoms with E-state index >= 15 is 0 Å². The van der Waals surface area contributed by atoms with Gasteiger partial charge in [0.05, 0.1) is 7.11 Å². The van der Waals surface area contributed by atoms with Gasteiger partial charge in [-0.3, -0.25) is 0 Å². The second kappa shape index (κ2) is 5.57. The third-order valence-corrected chi connectivity index (χ3v) is 5.15. The lowest BCUT2D eigenvalue weighted by atomic mass is 9.91. The molecule has 0 amide bonds. The molecule has 23 heavy (non-hydrogen) atoms. The number of benzene rings is 2. The number of aromatic nitrogens is 1. The first-order chi connectivity index (χ1) is 10.6. The lowest BCUT2D eigenvalue weighted by Gasteiger charge is -2.17. The van der Waals surface area contributed by atoms with E-state index in [2.05, 4.69) is 48.7 Å². The minimum absolute atomic E-state index is 0. The highest BCUT2D eigenvalue weighted by molar-refractivity contribution is 6.12. The van der Waals surface area contributed by atoms with E-state index in [1.54, 1.807) is 7.11 Å². The summed E-state index contributed by atoms with van der Waals surface area (Å²) >= 11 is 0. The molecule has 3 aromatic rings. The van der Waals surface area contributed by atoms with Crippen LogP contribution in [0.25, 0.3) is 21.8 Å². The second-order valence-corrected chi connectivity index (χ2v) is 6.24. The summed E-state index contributed by atoms with van der Waals surface area (Å²) < 4.78 is 7.74. The summed E-state index contributed by atoms with van der Waals surface area (Å²) in [7, 11) is 3.89. The molecule has 4 heteroatoms. The molecule has 0 bridgehead atoms. The molecule has 0 aliphatic carbocycles. The SMILES string of the molecule is COc1ccc2[nH]c3c(C)c4c(cc3c2c1)C(C)=[N+](C)CC4.[Cl-]. The van der Waals surface area contributed by atoms with Crippen molar-refractivity contribution in [2.24, 2.45) is 0 Å². The van der Waals surface area contributed by atoms with Gasteiger partial charge < -0.3 is 22.1 Å². The molecule has 2 heterocycles. The molecule has 1 N–H and O–H groups in total. The number of likely N-dealkylation sites (N-methyl/N-ethyl adjacent to an activating group) is 1. The summed E-state index contributed by atoms with van der Waals surface area (Å²) in [6, 6.07) is 8.59. The molecule has 0 saturated carbocycles. The highest BCUT2D eigenvalue weighted by Gasteiger charge is 2.23. The number of halogens is 1. The maximum absolute atomic E-state index is 5.39. The van der Waals surface area contributed by atoms with Crippen LogP contribution in [0.1, 0.15) is 23.6 Å². The molecule has 0 atom stereocenters. The Morgan fingerprint density at radius 3 is 2.65 bits per heavy atom. The molecule has 3 nitrogen and oxygen atoms in total. The lowest BCUT2D eigenvalue weighted by Crippen LogP contribution is -3.00. The Morgan fingerprint density at radius 1 is 1.13 bits per heavy atom. The van der Waals surface area contributed by atoms with Crippen LogP contribution < -0.4 is 17.1 Å². The monoisotopic (exact) mass is 328 g/mol. The molecule has 0 saturated heterocycles. The van der Waals surface area contributed by atoms with Gasteiger partial charge in [-0.1, -0.05) is 0 Å². The number of nitrogens with one attached hydrogen (secondary N) is 1. The molecular weight excluding hydrogens is 308 g/mol. The van der Waals surface area contributed by atoms with Gasteiger partial charge in [-0.15, -0.1) is 0 Å². The molecule has 0 spiro atoms. The minimum Gasteiger partial charge on any atom is -1.00 e. The highest BCUT2D eigenvalue weighted by Crippen LogP contribution is 2.34. The summed E-state index contributed by atoms with van der Waals surface area (Å²) in [4.78, 5) is 3.60. The Hall–Kier alpha value is -2.00. The maximum atomic E-state index is 5.39. The molecule has 1 aliphatic rings. The number of ether oxygens (including phenoxy) is 1. The van der Waals surface area contributed by atoms with Crippen molar-refractivity contribution in [1.82, 2.24) is 4.98 Å². The smallest absolute Gasteiger partial charge is 0.180 e. The maximum Gasteiger partial charge on any atom is 0.180 e. The highest BCUT2D eigenvalue weighted by atomic mass is 35.5. The van der Waals surface area contributed by atoms with Crippen LogP contribution in [-0.4, -0.2) is 36.0 Å². The van der Waals surface area contributed by atoms with Crippen molar-refractivity contribution in [3.8, 4) is 5.75 Å². The zero-order valence-corrected chi connectivity index (χ0v) is 14.7. The number of rotatable bonds is 1. The van der Waals surface area contributed by atoms with E-state index in [-0.39, 0.29) is 12.4 Å². The lowest BCUT2D eigenvalue weighted by molar-refractivity contribution is -0.498. The Morgan fingerprint density at radius 2 is 1.91 bits per heavy atom. The van der Waals surface area contributed by atoms with E-state index in [4.69, 9.17) is 4.74 Å². The van der Waals surface area contributed by atoms with Crippen LogP contribution >= 0.6 is 0 Å². The summed E-state index contributed by atoms with van der Waals surface area (Å²) in [5.41, 5.74) is 8.06. The number of hydrogen-bond acceptors (Lipinski definition) is 1. The Kier molecular flexibility index (Phi) is 3.85. The van der Waals surface area contributed by atoms with Gasteiger partial charge in [0.2, 0.25) is 0 Å². The predicted molar refractivity (Wildman–Crippen MR) is 91.6 cm³/mol. The third kappa shape index (κ3) is 2.22. The molecule has 1 aliphatic heterocycles. The minimum atomic E-state index is 0. The fraction of sp³-hybridized carbons (Fsp3) is 0.316. The van der Waals surface area contributed by atoms with Crippen LogP contribution in [0.2, 0.25) is 0 Å². The zero-order chi connectivity index (χ0) is 15.4. The van der Waals surface area contributed by atoms with Gasteiger partial charge in [-0.05, 0) is 42.3 Å². The first-order valence-corrected chi connectivity index (χ1v) is 7.77. The normalized spacial score (nSPS) is 14.1. The number of aromatic amines is 1. The first-order valence-electron chi connectivity index (χ1n) is 7.77. The van der Waals surface area contributed by atoms with Gasteiger partial charge in [-0.25, -0.2) is 4.58 Å². The first kappa shape index (κ1) is 15.9. The van der Waals surface area contributed by atoms with Crippen molar-refractivity contribution in [3.05, 3.63) is 41.0 Å². The van der Waals surface area contributed by atoms with Crippen molar-refractivity contribution in [3.63, 3.8) is 0 Å². The van der Waals surface area contributed by atoms with E-state index in [9.17, 15) is 0 Å². The van der Waals surface area contributed by atoms with Gasteiger partial charge in [0.15, 0.2) is 5.71 Å². The fourth-order valence-corrected chi connectivity index (χ4v) is 3.65. The quantitative estimate of drug-likeness (QED) is 0.653. The Labute approximate surface area is 142 Å². The van der Waals surface area contributed by atoms with E-state index in [1.807, 2.05) is 6.07 Å². The van der Waals surface area contributed by atoms with Crippen molar-refractivity contribution in [1.29, 1.82) is 0 Å². The van der Waals surface area contributed by atoms with E-state index < -0.39 is 0 Å². The molecular formula is C19H21ClN2O. The van der Waals surface area contributed by atoms with Crippen LogP contribution in [0.3, 0.4) is 0 Å². The third-order valence-electron chi connectivity index (χ3n) is 5.15. The topological polar surface area (TPSA) is 28.0 Å². The van der Waals surface area contributed by atoms with E-state index in [1.165, 1.54) is 44.2 Å². The zero-order valence-electron chi connectivity index (χ0n) is 14.0. The van der Waals surface area contributed by atoms with Crippen LogP contribution in [0.5, 0.6) is 5.75 Å². The Balaban J connectivity index is 0.00000156. The predicted octanol–water partition coefficient (Wildman–Crippen LogP) is 0.650. The number of methoxy groups -OCH3 is 1. The fourth-order valence-electron chi connectivity index (χ4n) is 3.65. The molecule has 120 valence electrons. The summed E-state index contributed by atoms with van der Waals surface area (Å²) in [5.74, 6) is 0.904. The molecule has 2 aromatic carbocycles. The van der Waals surface area contributed by atoms with Crippen molar-refractivity contribution in [2.75, 3.05) is 20.7 Å². The van der Waals surface area contributed by atoms with Crippen molar-refractivity contribution < 1.29 is 21.7 Å². The average molecular weight is 329 g/mol. The van der Waals surface area contributed by atoms with Gasteiger partial charge in [-0.2, -0.15) is 0 Å². The van der Waals surface area contributed by atoms with Gasteiger partial charge in [0.25, 0.3) is 0 Å². The van der Waals surface area contributed by atoms with E-state index in [0.717, 1.165) is 18.7 Å². The van der Waals surface area contributed by atoms with Crippen molar-refractivity contribution >= 4 is 27.5 Å². The molecule has 0 radical (unpaired) electrons. The van der Waals surface area contributed by atoms with Crippen LogP contribution in [0, 0.1) is 6.92 Å². The van der Waals surface area contributed by atoms with Crippen LogP contribution in [0.4, 0.5) is 0 Å². The van der Waals surface area contributed by atoms with Crippen LogP contribution in [0.15, 0.2) is 24.3 Å². The summed E-state index contributed by atoms with van der Waals surface area (Å²) in [5, 5.41) is 2.53. The average Bonchev–Trinajstić information content (AvgIpc) is 2.90. The van der Waals surface area contributed by atoms with Gasteiger partial charge in [0, 0.05) is 40.7 Å². The van der Waals surface area contributed by atoms with E-state index in [0.29, 0.717) is 0 Å². The number of nitrogens with zero attached hydrogens (tertiary/aromatic N) is 1. The molecule has 1 aromatic heterocycles. The Bertz CT molecular complexity index is 953. The van der Waals surface area contributed by atoms with Gasteiger partial charge in [0.1, 0.15) is 19.3 Å². The molecule has 4 rings (SSSR count). The summed E-state index contributed by atoms with van der Waals surface area (Å²) in [6.07, 6.45) is 1.11. The molecule has 0 unspecified atom stereocenters. The standard InChI is InChI=1S/C19H20N2O.ClH/c1-11-14-7-8-21(3)12(2)15(14)10-17-16-9-13(22-4)5-6-18(16)20-19(11)17;/h5-6,9-10H,7-8H2,1-4H3;1H. The molecule has 0 fully saturated rings. The summed E-state index contributed by atoms with van der Waals surface area (Å²) in [6.45, 7) is 5.56.